The number of halogens is 6. The van der Waals surface area contributed by atoms with Crippen LogP contribution in [0.4, 0.5) is 31.1 Å². The molecule has 0 aliphatic carbocycles. The first-order chi connectivity index (χ1) is 12.0. The second-order valence-electron chi connectivity index (χ2n) is 5.76. The summed E-state index contributed by atoms with van der Waals surface area (Å²) in [6.45, 7) is 0.147. The highest BCUT2D eigenvalue weighted by molar-refractivity contribution is 5.65. The predicted molar refractivity (Wildman–Crippen MR) is 77.2 cm³/mol. The van der Waals surface area contributed by atoms with Gasteiger partial charge in [-0.1, -0.05) is 6.07 Å². The molecule has 5 nitrogen and oxygen atoms in total. The number of amides is 1. The van der Waals surface area contributed by atoms with Crippen LogP contribution in [0.5, 0.6) is 0 Å². The lowest BCUT2D eigenvalue weighted by Gasteiger charge is -2.33. The largest absolute Gasteiger partial charge is 0.522 e. The number of nitrogens with zero attached hydrogens (tertiary/aromatic N) is 2. The smallest absolute Gasteiger partial charge is 0.465 e. The van der Waals surface area contributed by atoms with Crippen LogP contribution >= 0.6 is 0 Å². The fraction of sp³-hybridized carbons (Fsp3) is 0.533. The lowest BCUT2D eigenvalue weighted by atomic mass is 10.0. The number of hydrogen-bond donors (Lipinski definition) is 1. The molecule has 0 saturated carbocycles. The maximum atomic E-state index is 12.8. The van der Waals surface area contributed by atoms with Crippen LogP contribution in [0.25, 0.3) is 0 Å². The van der Waals surface area contributed by atoms with E-state index in [0.717, 1.165) is 12.1 Å². The van der Waals surface area contributed by atoms with Crippen LogP contribution in [0.3, 0.4) is 0 Å². The number of ether oxygens (including phenoxy) is 1. The zero-order valence-electron chi connectivity index (χ0n) is 13.4. The number of carbonyl (C=O) groups is 1. The van der Waals surface area contributed by atoms with Crippen molar-refractivity contribution >= 4 is 6.09 Å². The molecule has 1 fully saturated rings. The molecule has 0 radical (unpaired) electrons. The molecule has 1 amide bonds. The highest BCUT2D eigenvalue weighted by Crippen LogP contribution is 2.32. The van der Waals surface area contributed by atoms with Gasteiger partial charge in [-0.2, -0.15) is 13.2 Å². The van der Waals surface area contributed by atoms with E-state index in [1.165, 1.54) is 4.90 Å². The molecule has 1 aromatic carbocycles. The monoisotopic (exact) mass is 386 g/mol. The summed E-state index contributed by atoms with van der Waals surface area (Å²) in [5.74, 6) is 0. The Balaban J connectivity index is 2.14. The normalized spacial score (nSPS) is 16.8. The van der Waals surface area contributed by atoms with Gasteiger partial charge in [0, 0.05) is 32.7 Å². The summed E-state index contributed by atoms with van der Waals surface area (Å²) in [5, 5.41) is 8.89. The van der Waals surface area contributed by atoms with Crippen LogP contribution in [-0.2, 0) is 24.1 Å². The Morgan fingerprint density at radius 2 is 1.65 bits per heavy atom. The maximum absolute atomic E-state index is 12.8. The van der Waals surface area contributed by atoms with Gasteiger partial charge in [-0.05, 0) is 23.3 Å². The Hall–Kier alpha value is -2.01. The first-order valence-electron chi connectivity index (χ1n) is 7.55. The van der Waals surface area contributed by atoms with E-state index < -0.39 is 30.8 Å². The molecular formula is C15H16F6N2O3. The van der Waals surface area contributed by atoms with Gasteiger partial charge in [-0.25, -0.2) is 4.79 Å². The first kappa shape index (κ1) is 20.3. The third-order valence-corrected chi connectivity index (χ3v) is 3.96. The summed E-state index contributed by atoms with van der Waals surface area (Å²) in [4.78, 5) is 13.8. The highest BCUT2D eigenvalue weighted by atomic mass is 19.4. The molecule has 2 rings (SSSR count). The molecule has 1 aliphatic heterocycles. The van der Waals surface area contributed by atoms with E-state index in [1.54, 1.807) is 4.90 Å². The van der Waals surface area contributed by atoms with Crippen molar-refractivity contribution in [2.24, 2.45) is 0 Å². The van der Waals surface area contributed by atoms with Crippen molar-refractivity contribution in [3.63, 3.8) is 0 Å². The quantitative estimate of drug-likeness (QED) is 0.805. The molecule has 0 bridgehead atoms. The number of rotatable bonds is 4. The van der Waals surface area contributed by atoms with Crippen LogP contribution in [0.15, 0.2) is 18.2 Å². The number of carboxylic acid groups (broad SMARTS) is 1. The second-order valence-corrected chi connectivity index (χ2v) is 5.76. The van der Waals surface area contributed by atoms with E-state index >= 15 is 0 Å². The van der Waals surface area contributed by atoms with E-state index in [2.05, 4.69) is 4.74 Å². The van der Waals surface area contributed by atoms with Crippen molar-refractivity contribution < 1.29 is 41.0 Å². The van der Waals surface area contributed by atoms with E-state index in [4.69, 9.17) is 5.11 Å². The van der Waals surface area contributed by atoms with Gasteiger partial charge in [0.25, 0.3) is 0 Å². The Kier molecular flexibility index (Phi) is 6.02. The summed E-state index contributed by atoms with van der Waals surface area (Å²) in [7, 11) is 0. The van der Waals surface area contributed by atoms with Gasteiger partial charge >= 0.3 is 18.6 Å². The molecule has 1 N–H and O–H groups in total. The highest BCUT2D eigenvalue weighted by Gasteiger charge is 2.33. The first-order valence-corrected chi connectivity index (χ1v) is 7.55. The van der Waals surface area contributed by atoms with E-state index in [0.29, 0.717) is 19.2 Å². The summed E-state index contributed by atoms with van der Waals surface area (Å²) in [6.07, 6.45) is -10.7. The molecule has 26 heavy (non-hydrogen) atoms. The van der Waals surface area contributed by atoms with Crippen LogP contribution in [0.2, 0.25) is 0 Å². The zero-order valence-corrected chi connectivity index (χ0v) is 13.4. The van der Waals surface area contributed by atoms with Crippen molar-refractivity contribution in [3.8, 4) is 0 Å². The van der Waals surface area contributed by atoms with Crippen LogP contribution in [0, 0.1) is 0 Å². The minimum absolute atomic E-state index is 0.0994. The lowest BCUT2D eigenvalue weighted by molar-refractivity contribution is -0.330. The van der Waals surface area contributed by atoms with Gasteiger partial charge in [0.05, 0.1) is 12.2 Å². The SMILES string of the molecule is O=C(O)N1CCN(Cc2ccc(C(F)(F)F)cc2COC(F)(F)F)CC1. The number of hydrogen-bond acceptors (Lipinski definition) is 3. The molecule has 11 heteroatoms. The van der Waals surface area contributed by atoms with E-state index in [9.17, 15) is 31.1 Å². The zero-order chi connectivity index (χ0) is 19.5. The van der Waals surface area contributed by atoms with Crippen LogP contribution < -0.4 is 0 Å². The van der Waals surface area contributed by atoms with Gasteiger partial charge in [0.15, 0.2) is 0 Å². The van der Waals surface area contributed by atoms with Gasteiger partial charge in [-0.3, -0.25) is 9.64 Å². The molecule has 0 spiro atoms. The molecule has 1 heterocycles. The third-order valence-electron chi connectivity index (χ3n) is 3.96. The van der Waals surface area contributed by atoms with Crippen molar-refractivity contribution in [2.75, 3.05) is 26.2 Å². The van der Waals surface area contributed by atoms with Crippen LogP contribution in [0.1, 0.15) is 16.7 Å². The number of piperazine rings is 1. The minimum atomic E-state index is -4.96. The van der Waals surface area contributed by atoms with E-state index in [1.807, 2.05) is 0 Å². The summed E-state index contributed by atoms with van der Waals surface area (Å²) < 4.78 is 78.9. The summed E-state index contributed by atoms with van der Waals surface area (Å²) >= 11 is 0. The molecule has 0 aromatic heterocycles. The Labute approximate surface area is 144 Å². The molecule has 1 aromatic rings. The Bertz CT molecular complexity index is 639. The fourth-order valence-corrected chi connectivity index (χ4v) is 2.59. The number of alkyl halides is 6. The Morgan fingerprint density at radius 3 is 2.15 bits per heavy atom. The van der Waals surface area contributed by atoms with Gasteiger partial charge in [-0.15, -0.1) is 13.2 Å². The van der Waals surface area contributed by atoms with Crippen molar-refractivity contribution in [1.29, 1.82) is 0 Å². The number of benzene rings is 1. The molecule has 1 aliphatic rings. The summed E-state index contributed by atoms with van der Waals surface area (Å²) in [5.41, 5.74) is -0.999. The van der Waals surface area contributed by atoms with Gasteiger partial charge in [0.1, 0.15) is 0 Å². The fourth-order valence-electron chi connectivity index (χ4n) is 2.59. The third kappa shape index (κ3) is 5.77. The molecule has 146 valence electrons. The standard InChI is InChI=1S/C15H16F6N2O3/c16-14(17,18)12-2-1-10(11(7-12)9-26-15(19,20)21)8-22-3-5-23(6-4-22)13(24)25/h1-2,7H,3-6,8-9H2,(H,24,25). The second kappa shape index (κ2) is 7.70. The molecular weight excluding hydrogens is 370 g/mol. The van der Waals surface area contributed by atoms with Crippen LogP contribution in [-0.4, -0.2) is 53.5 Å². The average molecular weight is 386 g/mol. The predicted octanol–water partition coefficient (Wildman–Crippen LogP) is 3.54. The molecule has 1 saturated heterocycles. The molecule has 0 unspecified atom stereocenters. The molecule has 0 atom stereocenters. The topological polar surface area (TPSA) is 53.0 Å². The lowest BCUT2D eigenvalue weighted by Crippen LogP contribution is -2.47. The minimum Gasteiger partial charge on any atom is -0.465 e. The van der Waals surface area contributed by atoms with E-state index in [-0.39, 0.29) is 30.8 Å². The van der Waals surface area contributed by atoms with Crippen molar-refractivity contribution in [1.82, 2.24) is 9.80 Å². The van der Waals surface area contributed by atoms with Crippen molar-refractivity contribution in [3.05, 3.63) is 34.9 Å². The van der Waals surface area contributed by atoms with Gasteiger partial charge in [0.2, 0.25) is 0 Å². The van der Waals surface area contributed by atoms with Gasteiger partial charge < -0.3 is 10.0 Å². The van der Waals surface area contributed by atoms with Crippen molar-refractivity contribution in [2.45, 2.75) is 25.7 Å². The maximum Gasteiger partial charge on any atom is 0.522 e. The summed E-state index contributed by atoms with van der Waals surface area (Å²) in [6, 6.07) is 2.58. The average Bonchev–Trinajstić information content (AvgIpc) is 2.52. The Morgan fingerprint density at radius 1 is 1.04 bits per heavy atom.